The Morgan fingerprint density at radius 1 is 1.12 bits per heavy atom. The van der Waals surface area contributed by atoms with E-state index in [0.29, 0.717) is 5.92 Å². The van der Waals surface area contributed by atoms with Crippen LogP contribution in [0.1, 0.15) is 30.1 Å². The van der Waals surface area contributed by atoms with E-state index in [4.69, 9.17) is 0 Å². The van der Waals surface area contributed by atoms with Gasteiger partial charge in [-0.1, -0.05) is 19.1 Å². The smallest absolute Gasteiger partial charge is 0.253 e. The largest absolute Gasteiger partial charge is 0.340 e. The van der Waals surface area contributed by atoms with Crippen molar-refractivity contribution in [1.82, 2.24) is 14.9 Å². The van der Waals surface area contributed by atoms with Gasteiger partial charge in [0, 0.05) is 29.7 Å². The first kappa shape index (κ1) is 16.5. The number of anilines is 2. The molecule has 2 aromatic carbocycles. The zero-order chi connectivity index (χ0) is 17.9. The van der Waals surface area contributed by atoms with E-state index < -0.39 is 0 Å². The van der Waals surface area contributed by atoms with Gasteiger partial charge in [0.2, 0.25) is 0 Å². The minimum absolute atomic E-state index is 0.121. The number of likely N-dealkylation sites (tertiary alicyclic amines) is 1. The molecular weight excluding hydrogens is 324 g/mol. The molecule has 3 aromatic rings. The fourth-order valence-electron chi connectivity index (χ4n) is 3.49. The minimum atomic E-state index is 0.121. The monoisotopic (exact) mass is 346 g/mol. The van der Waals surface area contributed by atoms with Crippen LogP contribution in [0.3, 0.4) is 0 Å². The van der Waals surface area contributed by atoms with Gasteiger partial charge >= 0.3 is 0 Å². The van der Waals surface area contributed by atoms with Gasteiger partial charge in [0.15, 0.2) is 0 Å². The van der Waals surface area contributed by atoms with Gasteiger partial charge in [-0.15, -0.1) is 0 Å². The van der Waals surface area contributed by atoms with Gasteiger partial charge in [-0.3, -0.25) is 4.79 Å². The average molecular weight is 346 g/mol. The normalized spacial score (nSPS) is 17.3. The molecule has 1 aliphatic rings. The van der Waals surface area contributed by atoms with Crippen LogP contribution in [0.5, 0.6) is 0 Å². The van der Waals surface area contributed by atoms with E-state index in [9.17, 15) is 4.79 Å². The number of carbonyl (C=O) groups is 1. The highest BCUT2D eigenvalue weighted by Gasteiger charge is 2.21. The van der Waals surface area contributed by atoms with Gasteiger partial charge in [0.1, 0.15) is 12.1 Å². The first-order valence-corrected chi connectivity index (χ1v) is 9.07. The number of benzene rings is 2. The highest BCUT2D eigenvalue weighted by molar-refractivity contribution is 5.95. The van der Waals surface area contributed by atoms with Crippen molar-refractivity contribution in [3.05, 3.63) is 60.4 Å². The summed E-state index contributed by atoms with van der Waals surface area (Å²) in [6.45, 7) is 3.92. The lowest BCUT2D eigenvalue weighted by atomic mass is 9.99. The summed E-state index contributed by atoms with van der Waals surface area (Å²) in [5.41, 5.74) is 2.53. The number of carbonyl (C=O) groups excluding carboxylic acids is 1. The molecule has 1 aromatic heterocycles. The molecule has 0 aliphatic carbocycles. The second kappa shape index (κ2) is 7.12. The number of nitrogens with one attached hydrogen (secondary N) is 1. The molecule has 1 saturated heterocycles. The zero-order valence-electron chi connectivity index (χ0n) is 14.9. The minimum Gasteiger partial charge on any atom is -0.340 e. The van der Waals surface area contributed by atoms with Gasteiger partial charge in [0.25, 0.3) is 5.91 Å². The van der Waals surface area contributed by atoms with Gasteiger partial charge in [-0.25, -0.2) is 9.97 Å². The van der Waals surface area contributed by atoms with Crippen LogP contribution >= 0.6 is 0 Å². The summed E-state index contributed by atoms with van der Waals surface area (Å²) in [6, 6.07) is 15.5. The fourth-order valence-corrected chi connectivity index (χ4v) is 3.49. The fraction of sp³-hybridized carbons (Fsp3) is 0.286. The molecular formula is C21H22N4O. The second-order valence-corrected chi connectivity index (χ2v) is 6.94. The standard InChI is InChI=1S/C21H22N4O/c1-15-5-4-12-25(13-15)21(26)16-8-10-17(11-9-16)24-20-18-6-2-3-7-19(18)22-14-23-20/h2-3,6-11,14-15H,4-5,12-13H2,1H3,(H,22,23,24). The van der Waals surface area contributed by atoms with Crippen LogP contribution in [0.25, 0.3) is 10.9 Å². The van der Waals surface area contributed by atoms with Gasteiger partial charge in [-0.05, 0) is 55.2 Å². The van der Waals surface area contributed by atoms with E-state index in [1.807, 2.05) is 53.4 Å². The van der Waals surface area contributed by atoms with Crippen molar-refractivity contribution in [1.29, 1.82) is 0 Å². The van der Waals surface area contributed by atoms with Crippen molar-refractivity contribution in [2.45, 2.75) is 19.8 Å². The van der Waals surface area contributed by atoms with Crippen molar-refractivity contribution in [3.8, 4) is 0 Å². The van der Waals surface area contributed by atoms with E-state index in [2.05, 4.69) is 22.2 Å². The van der Waals surface area contributed by atoms with Crippen molar-refractivity contribution >= 4 is 28.3 Å². The molecule has 26 heavy (non-hydrogen) atoms. The van der Waals surface area contributed by atoms with Gasteiger partial charge in [0.05, 0.1) is 5.52 Å². The summed E-state index contributed by atoms with van der Waals surface area (Å²) in [5.74, 6) is 1.47. The van der Waals surface area contributed by atoms with E-state index in [-0.39, 0.29) is 5.91 Å². The number of nitrogens with zero attached hydrogens (tertiary/aromatic N) is 3. The van der Waals surface area contributed by atoms with Crippen LogP contribution in [0.2, 0.25) is 0 Å². The molecule has 1 aliphatic heterocycles. The highest BCUT2D eigenvalue weighted by atomic mass is 16.2. The Kier molecular flexibility index (Phi) is 4.52. The number of hydrogen-bond donors (Lipinski definition) is 1. The molecule has 1 atom stereocenters. The number of amides is 1. The van der Waals surface area contributed by atoms with Crippen LogP contribution in [0.15, 0.2) is 54.9 Å². The molecule has 0 bridgehead atoms. The Morgan fingerprint density at radius 3 is 2.73 bits per heavy atom. The van der Waals surface area contributed by atoms with Gasteiger partial charge < -0.3 is 10.2 Å². The Hall–Kier alpha value is -2.95. The molecule has 1 fully saturated rings. The van der Waals surface area contributed by atoms with Crippen LogP contribution in [-0.4, -0.2) is 33.9 Å². The van der Waals surface area contributed by atoms with Crippen molar-refractivity contribution in [3.63, 3.8) is 0 Å². The Morgan fingerprint density at radius 2 is 1.92 bits per heavy atom. The van der Waals surface area contributed by atoms with E-state index in [1.54, 1.807) is 6.33 Å². The number of fused-ring (bicyclic) bond motifs is 1. The lowest BCUT2D eigenvalue weighted by Gasteiger charge is -2.31. The molecule has 4 rings (SSSR count). The summed E-state index contributed by atoms with van der Waals surface area (Å²) in [5, 5.41) is 4.29. The van der Waals surface area contributed by atoms with E-state index >= 15 is 0 Å². The molecule has 1 amide bonds. The van der Waals surface area contributed by atoms with Crippen molar-refractivity contribution in [2.24, 2.45) is 5.92 Å². The Bertz CT molecular complexity index is 917. The van der Waals surface area contributed by atoms with Crippen LogP contribution in [0.4, 0.5) is 11.5 Å². The molecule has 5 nitrogen and oxygen atoms in total. The first-order valence-electron chi connectivity index (χ1n) is 9.07. The quantitative estimate of drug-likeness (QED) is 0.770. The summed E-state index contributed by atoms with van der Waals surface area (Å²) in [4.78, 5) is 23.3. The van der Waals surface area contributed by atoms with E-state index in [0.717, 1.165) is 47.5 Å². The third-order valence-electron chi connectivity index (χ3n) is 4.88. The number of rotatable bonds is 3. The summed E-state index contributed by atoms with van der Waals surface area (Å²) >= 11 is 0. The molecule has 0 spiro atoms. The number of hydrogen-bond acceptors (Lipinski definition) is 4. The zero-order valence-corrected chi connectivity index (χ0v) is 14.9. The number of aromatic nitrogens is 2. The maximum absolute atomic E-state index is 12.7. The summed E-state index contributed by atoms with van der Waals surface area (Å²) in [7, 11) is 0. The molecule has 0 saturated carbocycles. The third kappa shape index (κ3) is 3.38. The van der Waals surface area contributed by atoms with Crippen LogP contribution in [0, 0.1) is 5.92 Å². The highest BCUT2D eigenvalue weighted by Crippen LogP contribution is 2.23. The SMILES string of the molecule is CC1CCCN(C(=O)c2ccc(Nc3ncnc4ccccc34)cc2)C1. The maximum Gasteiger partial charge on any atom is 0.253 e. The second-order valence-electron chi connectivity index (χ2n) is 6.94. The predicted molar refractivity (Wildman–Crippen MR) is 104 cm³/mol. The van der Waals surface area contributed by atoms with E-state index in [1.165, 1.54) is 6.42 Å². The molecule has 1 unspecified atom stereocenters. The number of piperidine rings is 1. The average Bonchev–Trinajstić information content (AvgIpc) is 2.68. The van der Waals surface area contributed by atoms with Crippen molar-refractivity contribution in [2.75, 3.05) is 18.4 Å². The van der Waals surface area contributed by atoms with Crippen molar-refractivity contribution < 1.29 is 4.79 Å². The lowest BCUT2D eigenvalue weighted by molar-refractivity contribution is 0.0683. The Balaban J connectivity index is 1.51. The molecule has 0 radical (unpaired) electrons. The van der Waals surface area contributed by atoms with Gasteiger partial charge in [-0.2, -0.15) is 0 Å². The predicted octanol–water partition coefficient (Wildman–Crippen LogP) is 4.25. The van der Waals surface area contributed by atoms with Crippen LogP contribution < -0.4 is 5.32 Å². The molecule has 132 valence electrons. The Labute approximate surface area is 153 Å². The molecule has 5 heteroatoms. The maximum atomic E-state index is 12.7. The summed E-state index contributed by atoms with van der Waals surface area (Å²) in [6.07, 6.45) is 3.85. The first-order chi connectivity index (χ1) is 12.7. The number of para-hydroxylation sites is 1. The third-order valence-corrected chi connectivity index (χ3v) is 4.88. The topological polar surface area (TPSA) is 58.1 Å². The molecule has 1 N–H and O–H groups in total. The lowest BCUT2D eigenvalue weighted by Crippen LogP contribution is -2.39. The summed E-state index contributed by atoms with van der Waals surface area (Å²) < 4.78 is 0. The van der Waals surface area contributed by atoms with Crippen LogP contribution in [-0.2, 0) is 0 Å². The molecule has 2 heterocycles.